The molecule has 3 aromatic rings. The summed E-state index contributed by atoms with van der Waals surface area (Å²) in [6.45, 7) is 3.67. The van der Waals surface area contributed by atoms with Crippen molar-refractivity contribution < 1.29 is 13.7 Å². The predicted octanol–water partition coefficient (Wildman–Crippen LogP) is 2.71. The van der Waals surface area contributed by atoms with E-state index in [0.29, 0.717) is 18.7 Å². The minimum Gasteiger partial charge on any atom is -0.361 e. The van der Waals surface area contributed by atoms with E-state index in [1.165, 1.54) is 12.1 Å². The summed E-state index contributed by atoms with van der Waals surface area (Å²) in [5.41, 5.74) is 2.64. The van der Waals surface area contributed by atoms with Crippen LogP contribution in [0.15, 0.2) is 28.8 Å². The molecule has 0 aliphatic heterocycles. The van der Waals surface area contributed by atoms with Crippen LogP contribution >= 0.6 is 0 Å². The first-order valence-corrected chi connectivity index (χ1v) is 7.88. The normalized spacial score (nSPS) is 10.8. The largest absolute Gasteiger partial charge is 0.361 e. The van der Waals surface area contributed by atoms with Gasteiger partial charge < -0.3 is 4.52 Å². The number of aryl methyl sites for hydroxylation is 2. The number of nitrogens with zero attached hydrogens (tertiary/aromatic N) is 3. The van der Waals surface area contributed by atoms with Crippen molar-refractivity contribution in [1.29, 1.82) is 0 Å². The molecule has 0 saturated carbocycles. The number of rotatable bonds is 6. The number of carbonyl (C=O) groups excluding carboxylic acids is 1. The highest BCUT2D eigenvalue weighted by Gasteiger charge is 2.13. The first kappa shape index (κ1) is 16.8. The summed E-state index contributed by atoms with van der Waals surface area (Å²) in [7, 11) is 0. The Morgan fingerprint density at radius 1 is 1.28 bits per heavy atom. The van der Waals surface area contributed by atoms with Gasteiger partial charge in [-0.3, -0.25) is 15.2 Å². The molecule has 2 heterocycles. The number of amides is 1. The Morgan fingerprint density at radius 2 is 2.04 bits per heavy atom. The Kier molecular flexibility index (Phi) is 4.87. The highest BCUT2D eigenvalue weighted by atomic mass is 19.1. The van der Waals surface area contributed by atoms with Crippen LogP contribution in [0.3, 0.4) is 0 Å². The molecule has 0 fully saturated rings. The van der Waals surface area contributed by atoms with Gasteiger partial charge in [-0.2, -0.15) is 4.98 Å². The number of carbonyl (C=O) groups is 1. The van der Waals surface area contributed by atoms with E-state index in [4.69, 9.17) is 4.52 Å². The fourth-order valence-electron chi connectivity index (χ4n) is 2.51. The van der Waals surface area contributed by atoms with E-state index in [1.54, 1.807) is 12.1 Å². The quantitative estimate of drug-likeness (QED) is 0.717. The highest BCUT2D eigenvalue weighted by molar-refractivity contribution is 5.89. The Balaban J connectivity index is 1.54. The number of anilines is 1. The van der Waals surface area contributed by atoms with Crippen LogP contribution in [-0.4, -0.2) is 26.2 Å². The molecule has 0 aliphatic rings. The maximum atomic E-state index is 12.9. The van der Waals surface area contributed by atoms with Gasteiger partial charge in [0, 0.05) is 18.4 Å². The van der Waals surface area contributed by atoms with Crippen molar-refractivity contribution in [1.82, 2.24) is 20.3 Å². The van der Waals surface area contributed by atoms with Crippen LogP contribution in [0.4, 0.5) is 10.3 Å². The molecule has 0 atom stereocenters. The summed E-state index contributed by atoms with van der Waals surface area (Å²) >= 11 is 0. The van der Waals surface area contributed by atoms with E-state index in [9.17, 15) is 9.18 Å². The maximum absolute atomic E-state index is 12.9. The lowest BCUT2D eigenvalue weighted by Crippen LogP contribution is -2.13. The fourth-order valence-corrected chi connectivity index (χ4v) is 2.51. The molecule has 0 bridgehead atoms. The molecule has 8 heteroatoms. The number of hydrogen-bond donors (Lipinski definition) is 2. The number of benzene rings is 1. The van der Waals surface area contributed by atoms with E-state index in [2.05, 4.69) is 25.7 Å². The molecule has 0 saturated heterocycles. The average Bonchev–Trinajstić information content (AvgIpc) is 3.14. The van der Waals surface area contributed by atoms with Gasteiger partial charge >= 0.3 is 0 Å². The topological polar surface area (TPSA) is 96.7 Å². The molecule has 1 amide bonds. The molecule has 1 aromatic carbocycles. The predicted molar refractivity (Wildman–Crippen MR) is 88.5 cm³/mol. The number of nitrogens with one attached hydrogen (secondary N) is 2. The average molecular weight is 343 g/mol. The third-order valence-electron chi connectivity index (χ3n) is 3.85. The Morgan fingerprint density at radius 3 is 2.72 bits per heavy atom. The lowest BCUT2D eigenvalue weighted by molar-refractivity contribution is -0.116. The van der Waals surface area contributed by atoms with Crippen molar-refractivity contribution in [2.45, 2.75) is 33.1 Å². The molecule has 2 N–H and O–H groups in total. The highest BCUT2D eigenvalue weighted by Crippen LogP contribution is 2.15. The minimum absolute atomic E-state index is 0.188. The minimum atomic E-state index is -0.285. The zero-order valence-corrected chi connectivity index (χ0v) is 14.0. The lowest BCUT2D eigenvalue weighted by atomic mass is 10.1. The van der Waals surface area contributed by atoms with E-state index < -0.39 is 0 Å². The molecular formula is C17H18FN5O2. The van der Waals surface area contributed by atoms with E-state index >= 15 is 0 Å². The second-order valence-corrected chi connectivity index (χ2v) is 5.76. The van der Waals surface area contributed by atoms with Crippen LogP contribution in [0.25, 0.3) is 0 Å². The molecule has 0 radical (unpaired) electrons. The third-order valence-corrected chi connectivity index (χ3v) is 3.85. The Hall–Kier alpha value is -3.03. The number of hydrogen-bond acceptors (Lipinski definition) is 5. The standard InChI is InChI=1S/C17H18FN5O2/c1-10-14(11(2)25-23-10)7-8-16(24)20-17-19-15(21-22-17)9-12-3-5-13(18)6-4-12/h3-6H,7-9H2,1-2H3,(H2,19,20,21,22,24). The lowest BCUT2D eigenvalue weighted by Gasteiger charge is -2.01. The van der Waals surface area contributed by atoms with Gasteiger partial charge in [-0.25, -0.2) is 4.39 Å². The smallest absolute Gasteiger partial charge is 0.248 e. The summed E-state index contributed by atoms with van der Waals surface area (Å²) < 4.78 is 18.0. The van der Waals surface area contributed by atoms with Gasteiger partial charge in [0.05, 0.1) is 5.69 Å². The van der Waals surface area contributed by atoms with Gasteiger partial charge in [-0.15, -0.1) is 5.10 Å². The van der Waals surface area contributed by atoms with E-state index in [1.807, 2.05) is 13.8 Å². The van der Waals surface area contributed by atoms with Crippen molar-refractivity contribution >= 4 is 11.9 Å². The van der Waals surface area contributed by atoms with Crippen LogP contribution in [0.2, 0.25) is 0 Å². The monoisotopic (exact) mass is 343 g/mol. The first-order valence-electron chi connectivity index (χ1n) is 7.88. The molecular weight excluding hydrogens is 325 g/mol. The molecule has 130 valence electrons. The van der Waals surface area contributed by atoms with Crippen molar-refractivity contribution in [3.63, 3.8) is 0 Å². The molecule has 0 unspecified atom stereocenters. The molecule has 0 aliphatic carbocycles. The Bertz CT molecular complexity index is 850. The first-order chi connectivity index (χ1) is 12.0. The summed E-state index contributed by atoms with van der Waals surface area (Å²) in [5.74, 6) is 1.07. The fraction of sp³-hybridized carbons (Fsp3) is 0.294. The van der Waals surface area contributed by atoms with Crippen molar-refractivity contribution in [3.05, 3.63) is 58.5 Å². The second-order valence-electron chi connectivity index (χ2n) is 5.76. The van der Waals surface area contributed by atoms with Gasteiger partial charge in [0.2, 0.25) is 11.9 Å². The summed E-state index contributed by atoms with van der Waals surface area (Å²) in [4.78, 5) is 16.3. The number of H-pyrrole nitrogens is 1. The Labute approximate surface area is 143 Å². The molecule has 25 heavy (non-hydrogen) atoms. The molecule has 0 spiro atoms. The van der Waals surface area contributed by atoms with Gasteiger partial charge in [-0.1, -0.05) is 17.3 Å². The van der Waals surface area contributed by atoms with E-state index in [-0.39, 0.29) is 24.1 Å². The maximum Gasteiger partial charge on any atom is 0.248 e. The zero-order valence-electron chi connectivity index (χ0n) is 14.0. The molecule has 3 rings (SSSR count). The number of aromatic nitrogens is 4. The van der Waals surface area contributed by atoms with Gasteiger partial charge in [0.1, 0.15) is 17.4 Å². The van der Waals surface area contributed by atoms with Crippen molar-refractivity contribution in [2.24, 2.45) is 0 Å². The summed E-state index contributed by atoms with van der Waals surface area (Å²) in [5, 5.41) is 13.3. The summed E-state index contributed by atoms with van der Waals surface area (Å²) in [6.07, 6.45) is 1.30. The second kappa shape index (κ2) is 7.25. The van der Waals surface area contributed by atoms with Gasteiger partial charge in [0.25, 0.3) is 0 Å². The van der Waals surface area contributed by atoms with Crippen LogP contribution < -0.4 is 5.32 Å². The van der Waals surface area contributed by atoms with Crippen molar-refractivity contribution in [2.75, 3.05) is 5.32 Å². The van der Waals surface area contributed by atoms with Gasteiger partial charge in [-0.05, 0) is 38.0 Å². The van der Waals surface area contributed by atoms with Crippen LogP contribution in [0.1, 0.15) is 34.8 Å². The number of aromatic amines is 1. The molecule has 7 nitrogen and oxygen atoms in total. The van der Waals surface area contributed by atoms with Crippen LogP contribution in [0, 0.1) is 19.7 Å². The van der Waals surface area contributed by atoms with E-state index in [0.717, 1.165) is 22.6 Å². The third kappa shape index (κ3) is 4.28. The zero-order chi connectivity index (χ0) is 17.8. The van der Waals surface area contributed by atoms with Crippen LogP contribution in [-0.2, 0) is 17.6 Å². The SMILES string of the molecule is Cc1noc(C)c1CCC(=O)Nc1n[nH]c(Cc2ccc(F)cc2)n1. The van der Waals surface area contributed by atoms with Gasteiger partial charge in [0.15, 0.2) is 0 Å². The number of halogens is 1. The van der Waals surface area contributed by atoms with Crippen LogP contribution in [0.5, 0.6) is 0 Å². The molecule has 2 aromatic heterocycles. The summed E-state index contributed by atoms with van der Waals surface area (Å²) in [6, 6.07) is 6.14. The van der Waals surface area contributed by atoms with Crippen molar-refractivity contribution in [3.8, 4) is 0 Å².